The smallest absolute Gasteiger partial charge is 0.0677 e. The fraction of sp³-hybridized carbons (Fsp3) is 0.294. The zero-order chi connectivity index (χ0) is 12.8. The van der Waals surface area contributed by atoms with Crippen molar-refractivity contribution < 1.29 is 4.74 Å². The molecular formula is C17H20O. The van der Waals surface area contributed by atoms with Crippen LogP contribution in [-0.2, 0) is 11.2 Å². The van der Waals surface area contributed by atoms with Crippen molar-refractivity contribution in [2.24, 2.45) is 0 Å². The van der Waals surface area contributed by atoms with Crippen LogP contribution in [0.15, 0.2) is 60.7 Å². The number of hydrogen-bond donors (Lipinski definition) is 0. The maximum atomic E-state index is 5.67. The summed E-state index contributed by atoms with van der Waals surface area (Å²) in [5.41, 5.74) is 2.66. The largest absolute Gasteiger partial charge is 0.380 e. The number of hydrogen-bond acceptors (Lipinski definition) is 1. The molecule has 1 heteroatoms. The van der Waals surface area contributed by atoms with Gasteiger partial charge in [0.15, 0.2) is 0 Å². The maximum absolute atomic E-state index is 5.67. The van der Waals surface area contributed by atoms with E-state index in [1.54, 1.807) is 7.11 Å². The normalized spacial score (nSPS) is 14.1. The standard InChI is InChI=1S/C17H20O/c1-14(16-11-7-4-8-12-16)17(18-2)13-15-9-5-3-6-10-15/h3-12,14,17H,13H2,1-2H3/t14-,17?/m0/s1. The lowest BCUT2D eigenvalue weighted by molar-refractivity contribution is 0.0838. The number of methoxy groups -OCH3 is 1. The first-order valence-electron chi connectivity index (χ1n) is 6.43. The molecule has 0 aromatic heterocycles. The lowest BCUT2D eigenvalue weighted by Gasteiger charge is -2.23. The van der Waals surface area contributed by atoms with Crippen LogP contribution < -0.4 is 0 Å². The molecule has 0 fully saturated rings. The van der Waals surface area contributed by atoms with E-state index in [0.29, 0.717) is 5.92 Å². The summed E-state index contributed by atoms with van der Waals surface area (Å²) in [6.07, 6.45) is 1.17. The number of rotatable bonds is 5. The van der Waals surface area contributed by atoms with Crippen LogP contribution in [0.4, 0.5) is 0 Å². The highest BCUT2D eigenvalue weighted by Crippen LogP contribution is 2.23. The third kappa shape index (κ3) is 3.21. The molecule has 18 heavy (non-hydrogen) atoms. The average molecular weight is 240 g/mol. The maximum Gasteiger partial charge on any atom is 0.0677 e. The van der Waals surface area contributed by atoms with E-state index in [9.17, 15) is 0 Å². The summed E-state index contributed by atoms with van der Waals surface area (Å²) in [5, 5.41) is 0. The Hall–Kier alpha value is -1.60. The van der Waals surface area contributed by atoms with Crippen LogP contribution in [0.25, 0.3) is 0 Å². The van der Waals surface area contributed by atoms with E-state index in [2.05, 4.69) is 61.5 Å². The average Bonchev–Trinajstić information content (AvgIpc) is 2.46. The van der Waals surface area contributed by atoms with Crippen LogP contribution >= 0.6 is 0 Å². The van der Waals surface area contributed by atoms with E-state index in [0.717, 1.165) is 6.42 Å². The topological polar surface area (TPSA) is 9.23 Å². The molecule has 0 bridgehead atoms. The SMILES string of the molecule is COC(Cc1ccccc1)[C@@H](C)c1ccccc1. The van der Waals surface area contributed by atoms with E-state index < -0.39 is 0 Å². The van der Waals surface area contributed by atoms with Crippen molar-refractivity contribution in [2.45, 2.75) is 25.4 Å². The molecule has 0 radical (unpaired) electrons. The molecule has 0 N–H and O–H groups in total. The third-order valence-electron chi connectivity index (χ3n) is 3.47. The van der Waals surface area contributed by atoms with Gasteiger partial charge in [-0.3, -0.25) is 0 Å². The Kier molecular flexibility index (Phi) is 4.54. The monoisotopic (exact) mass is 240 g/mol. The summed E-state index contributed by atoms with van der Waals surface area (Å²) in [4.78, 5) is 0. The van der Waals surface area contributed by atoms with Gasteiger partial charge in [0.2, 0.25) is 0 Å². The summed E-state index contributed by atoms with van der Waals surface area (Å²) < 4.78 is 5.67. The quantitative estimate of drug-likeness (QED) is 0.766. The minimum atomic E-state index is 0.217. The van der Waals surface area contributed by atoms with E-state index >= 15 is 0 Å². The Bertz CT molecular complexity index is 450. The fourth-order valence-corrected chi connectivity index (χ4v) is 2.28. The minimum absolute atomic E-state index is 0.217. The third-order valence-corrected chi connectivity index (χ3v) is 3.47. The van der Waals surface area contributed by atoms with Gasteiger partial charge in [-0.1, -0.05) is 67.6 Å². The summed E-state index contributed by atoms with van der Waals surface area (Å²) in [7, 11) is 1.80. The van der Waals surface area contributed by atoms with Crippen LogP contribution in [0.5, 0.6) is 0 Å². The Morgan fingerprint density at radius 3 is 2.00 bits per heavy atom. The summed E-state index contributed by atoms with van der Waals surface area (Å²) in [6.45, 7) is 2.23. The Labute approximate surface area is 109 Å². The van der Waals surface area contributed by atoms with Gasteiger partial charge in [0, 0.05) is 13.0 Å². The molecular weight excluding hydrogens is 220 g/mol. The molecule has 0 aliphatic heterocycles. The molecule has 1 nitrogen and oxygen atoms in total. The fourth-order valence-electron chi connectivity index (χ4n) is 2.28. The second-order valence-corrected chi connectivity index (χ2v) is 4.66. The van der Waals surface area contributed by atoms with Crippen molar-refractivity contribution in [2.75, 3.05) is 7.11 Å². The van der Waals surface area contributed by atoms with E-state index in [1.165, 1.54) is 11.1 Å². The molecule has 0 aliphatic rings. The highest BCUT2D eigenvalue weighted by molar-refractivity contribution is 5.22. The van der Waals surface area contributed by atoms with Gasteiger partial charge in [-0.2, -0.15) is 0 Å². The van der Waals surface area contributed by atoms with Crippen molar-refractivity contribution >= 4 is 0 Å². The highest BCUT2D eigenvalue weighted by Gasteiger charge is 2.18. The summed E-state index contributed by atoms with van der Waals surface area (Å²) in [6, 6.07) is 21.1. The van der Waals surface area contributed by atoms with E-state index in [4.69, 9.17) is 4.74 Å². The number of benzene rings is 2. The van der Waals surface area contributed by atoms with Gasteiger partial charge in [-0.15, -0.1) is 0 Å². The van der Waals surface area contributed by atoms with Gasteiger partial charge in [0.25, 0.3) is 0 Å². The molecule has 2 aromatic carbocycles. The predicted molar refractivity (Wildman–Crippen MR) is 75.8 cm³/mol. The minimum Gasteiger partial charge on any atom is -0.380 e. The van der Waals surface area contributed by atoms with Crippen molar-refractivity contribution in [3.8, 4) is 0 Å². The first-order chi connectivity index (χ1) is 8.81. The van der Waals surface area contributed by atoms with Crippen molar-refractivity contribution in [3.63, 3.8) is 0 Å². The molecule has 0 spiro atoms. The van der Waals surface area contributed by atoms with Crippen molar-refractivity contribution in [1.29, 1.82) is 0 Å². The van der Waals surface area contributed by atoms with Gasteiger partial charge < -0.3 is 4.74 Å². The van der Waals surface area contributed by atoms with Crippen molar-refractivity contribution in [1.82, 2.24) is 0 Å². The molecule has 0 saturated heterocycles. The lowest BCUT2D eigenvalue weighted by Crippen LogP contribution is -2.21. The summed E-state index contributed by atoms with van der Waals surface area (Å²) >= 11 is 0. The van der Waals surface area contributed by atoms with Gasteiger partial charge in [-0.25, -0.2) is 0 Å². The second kappa shape index (κ2) is 6.36. The zero-order valence-corrected chi connectivity index (χ0v) is 11.0. The molecule has 0 aliphatic carbocycles. The van der Waals surface area contributed by atoms with Gasteiger partial charge in [0.1, 0.15) is 0 Å². The Balaban J connectivity index is 2.09. The van der Waals surface area contributed by atoms with E-state index in [-0.39, 0.29) is 6.10 Å². The highest BCUT2D eigenvalue weighted by atomic mass is 16.5. The predicted octanol–water partition coefficient (Wildman–Crippen LogP) is 4.05. The summed E-state index contributed by atoms with van der Waals surface area (Å²) in [5.74, 6) is 0.399. The molecule has 2 rings (SSSR count). The van der Waals surface area contributed by atoms with Gasteiger partial charge in [0.05, 0.1) is 6.10 Å². The molecule has 0 amide bonds. The van der Waals surface area contributed by atoms with E-state index in [1.807, 2.05) is 6.07 Å². The molecule has 94 valence electrons. The second-order valence-electron chi connectivity index (χ2n) is 4.66. The zero-order valence-electron chi connectivity index (χ0n) is 11.0. The van der Waals surface area contributed by atoms with Crippen LogP contribution in [0.1, 0.15) is 24.0 Å². The van der Waals surface area contributed by atoms with Crippen LogP contribution in [0, 0.1) is 0 Å². The number of ether oxygens (including phenoxy) is 1. The first-order valence-corrected chi connectivity index (χ1v) is 6.43. The Morgan fingerprint density at radius 2 is 1.44 bits per heavy atom. The van der Waals surface area contributed by atoms with Gasteiger partial charge >= 0.3 is 0 Å². The molecule has 0 heterocycles. The van der Waals surface area contributed by atoms with Gasteiger partial charge in [-0.05, 0) is 17.5 Å². The lowest BCUT2D eigenvalue weighted by atomic mass is 9.91. The first kappa shape index (κ1) is 12.8. The van der Waals surface area contributed by atoms with Crippen molar-refractivity contribution in [3.05, 3.63) is 71.8 Å². The molecule has 2 aromatic rings. The molecule has 0 saturated carbocycles. The Morgan fingerprint density at radius 1 is 0.889 bits per heavy atom. The van der Waals surface area contributed by atoms with Crippen LogP contribution in [-0.4, -0.2) is 13.2 Å². The molecule has 1 unspecified atom stereocenters. The molecule has 2 atom stereocenters. The van der Waals surface area contributed by atoms with Crippen LogP contribution in [0.3, 0.4) is 0 Å². The van der Waals surface area contributed by atoms with Crippen LogP contribution in [0.2, 0.25) is 0 Å².